The van der Waals surface area contributed by atoms with E-state index < -0.39 is 17.7 Å². The molecule has 1 aliphatic heterocycles. The fraction of sp³-hybridized carbons (Fsp3) is 0.484. The van der Waals surface area contributed by atoms with Crippen LogP contribution in [0.5, 0.6) is 5.75 Å². The van der Waals surface area contributed by atoms with E-state index in [1.165, 1.54) is 11.6 Å². The molecule has 3 atom stereocenters. The molecular formula is C31H40N2O6. The first-order chi connectivity index (χ1) is 18.6. The molecule has 0 spiro atoms. The van der Waals surface area contributed by atoms with E-state index in [9.17, 15) is 14.7 Å². The van der Waals surface area contributed by atoms with Crippen molar-refractivity contribution >= 4 is 18.1 Å². The number of hydrogen-bond acceptors (Lipinski definition) is 6. The van der Waals surface area contributed by atoms with Crippen LogP contribution in [0.3, 0.4) is 0 Å². The normalized spacial score (nSPS) is 20.9. The van der Waals surface area contributed by atoms with E-state index in [-0.39, 0.29) is 24.8 Å². The molecule has 1 heterocycles. The molecule has 2 aliphatic rings. The van der Waals surface area contributed by atoms with E-state index in [2.05, 4.69) is 17.0 Å². The van der Waals surface area contributed by atoms with E-state index in [1.807, 2.05) is 43.9 Å². The zero-order valence-electron chi connectivity index (χ0n) is 23.0. The van der Waals surface area contributed by atoms with Crippen molar-refractivity contribution in [2.45, 2.75) is 69.7 Å². The van der Waals surface area contributed by atoms with Gasteiger partial charge < -0.3 is 29.5 Å². The van der Waals surface area contributed by atoms with Gasteiger partial charge in [-0.25, -0.2) is 9.59 Å². The van der Waals surface area contributed by atoms with Gasteiger partial charge in [0.2, 0.25) is 0 Å². The summed E-state index contributed by atoms with van der Waals surface area (Å²) in [5, 5.41) is 19.3. The second-order valence-electron chi connectivity index (χ2n) is 11.4. The zero-order valence-corrected chi connectivity index (χ0v) is 23.0. The number of likely N-dealkylation sites (tertiary alicyclic amines) is 1. The summed E-state index contributed by atoms with van der Waals surface area (Å²) in [5.74, 6) is -0.0347. The highest BCUT2D eigenvalue weighted by Gasteiger charge is 2.48. The van der Waals surface area contributed by atoms with Crippen LogP contribution in [-0.4, -0.2) is 82.1 Å². The van der Waals surface area contributed by atoms with Crippen molar-refractivity contribution in [2.24, 2.45) is 0 Å². The first-order valence-corrected chi connectivity index (χ1v) is 13.7. The first-order valence-electron chi connectivity index (χ1n) is 13.7. The Labute approximate surface area is 230 Å². The lowest BCUT2D eigenvalue weighted by molar-refractivity contribution is -0.131. The van der Waals surface area contributed by atoms with E-state index in [1.54, 1.807) is 24.3 Å². The van der Waals surface area contributed by atoms with Crippen LogP contribution in [0.4, 0.5) is 4.79 Å². The second kappa shape index (κ2) is 12.7. The fourth-order valence-corrected chi connectivity index (χ4v) is 5.18. The molecule has 1 unspecified atom stereocenters. The molecule has 1 amide bonds. The lowest BCUT2D eigenvalue weighted by atomic mass is 10.0. The van der Waals surface area contributed by atoms with Crippen LogP contribution in [-0.2, 0) is 9.53 Å². The molecule has 0 bridgehead atoms. The number of β-amino-alcohol motifs (C(OH)–C–C–N with tert-alkyl or cyclic N) is 1. The molecule has 2 fully saturated rings. The first kappa shape index (κ1) is 28.6. The van der Waals surface area contributed by atoms with Gasteiger partial charge in [0, 0.05) is 43.7 Å². The van der Waals surface area contributed by atoms with Crippen LogP contribution in [0.1, 0.15) is 57.1 Å². The summed E-state index contributed by atoms with van der Waals surface area (Å²) in [5.41, 5.74) is 1.48. The lowest BCUT2D eigenvalue weighted by Gasteiger charge is -2.40. The predicted octanol–water partition coefficient (Wildman–Crippen LogP) is 4.78. The van der Waals surface area contributed by atoms with Crippen molar-refractivity contribution in [1.29, 1.82) is 0 Å². The Hall–Kier alpha value is -3.36. The molecule has 8 nitrogen and oxygen atoms in total. The van der Waals surface area contributed by atoms with Crippen molar-refractivity contribution in [1.82, 2.24) is 9.80 Å². The molecule has 1 aliphatic carbocycles. The molecule has 8 heteroatoms. The SMILES string of the molecule is CC(C)(C)OC(=O)N(C1CCN(CC(O)COc2ccc(/C=C/C(=O)O)cc2)CC1)[C@@H]1C[C@H]1c1ccccc1. The molecule has 0 radical (unpaired) electrons. The third kappa shape index (κ3) is 8.57. The van der Waals surface area contributed by atoms with Gasteiger partial charge in [0.05, 0.1) is 0 Å². The van der Waals surface area contributed by atoms with Crippen LogP contribution in [0.2, 0.25) is 0 Å². The standard InChI is InChI=1S/C31H40N2O6/c1-31(2,3)39-30(37)33(28-19-27(28)23-7-5-4-6-8-23)24-15-17-32(18-16-24)20-25(34)21-38-26-12-9-22(10-13-26)11-14-29(35)36/h4-14,24-25,27-28,34H,15-21H2,1-3H3,(H,35,36)/b14-11+/t25?,27-,28+/m0/s1. The minimum Gasteiger partial charge on any atom is -0.491 e. The number of aliphatic hydroxyl groups excluding tert-OH is 1. The largest absolute Gasteiger partial charge is 0.491 e. The van der Waals surface area contributed by atoms with Crippen molar-refractivity contribution < 1.29 is 29.3 Å². The van der Waals surface area contributed by atoms with Gasteiger partial charge in [-0.2, -0.15) is 0 Å². The van der Waals surface area contributed by atoms with Crippen molar-refractivity contribution in [2.75, 3.05) is 26.2 Å². The van der Waals surface area contributed by atoms with Crippen LogP contribution in [0, 0.1) is 0 Å². The molecule has 4 rings (SSSR count). The number of carbonyl (C=O) groups is 2. The van der Waals surface area contributed by atoms with Gasteiger partial charge in [-0.05, 0) is 69.4 Å². The molecular weight excluding hydrogens is 496 g/mol. The third-order valence-electron chi connectivity index (χ3n) is 7.11. The quantitative estimate of drug-likeness (QED) is 0.422. The summed E-state index contributed by atoms with van der Waals surface area (Å²) >= 11 is 0. The van der Waals surface area contributed by atoms with Crippen LogP contribution < -0.4 is 4.74 Å². The van der Waals surface area contributed by atoms with Gasteiger partial charge in [0.25, 0.3) is 0 Å². The molecule has 0 aromatic heterocycles. The van der Waals surface area contributed by atoms with Gasteiger partial charge in [0.1, 0.15) is 24.1 Å². The van der Waals surface area contributed by atoms with Gasteiger partial charge in [-0.1, -0.05) is 42.5 Å². The Bertz CT molecular complexity index is 1120. The van der Waals surface area contributed by atoms with E-state index in [4.69, 9.17) is 14.6 Å². The minimum atomic E-state index is -0.996. The molecule has 39 heavy (non-hydrogen) atoms. The summed E-state index contributed by atoms with van der Waals surface area (Å²) in [6.45, 7) is 7.94. The summed E-state index contributed by atoms with van der Waals surface area (Å²) in [6, 6.07) is 17.7. The highest BCUT2D eigenvalue weighted by molar-refractivity contribution is 5.85. The van der Waals surface area contributed by atoms with E-state index in [0.717, 1.165) is 44.0 Å². The third-order valence-corrected chi connectivity index (χ3v) is 7.11. The van der Waals surface area contributed by atoms with Crippen LogP contribution in [0.25, 0.3) is 6.08 Å². The van der Waals surface area contributed by atoms with Gasteiger partial charge in [0.15, 0.2) is 0 Å². The summed E-state index contributed by atoms with van der Waals surface area (Å²) in [4.78, 5) is 28.1. The summed E-state index contributed by atoms with van der Waals surface area (Å²) in [6.07, 6.45) is 4.33. The number of ether oxygens (including phenoxy) is 2. The number of hydrogen-bond donors (Lipinski definition) is 2. The Morgan fingerprint density at radius 1 is 1.08 bits per heavy atom. The van der Waals surface area contributed by atoms with Gasteiger partial charge in [-0.15, -0.1) is 0 Å². The van der Waals surface area contributed by atoms with Gasteiger partial charge >= 0.3 is 12.1 Å². The minimum absolute atomic E-state index is 0.108. The number of amides is 1. The fourth-order valence-electron chi connectivity index (χ4n) is 5.18. The second-order valence-corrected chi connectivity index (χ2v) is 11.4. The van der Waals surface area contributed by atoms with Crippen molar-refractivity contribution in [3.63, 3.8) is 0 Å². The maximum atomic E-state index is 13.3. The highest BCUT2D eigenvalue weighted by atomic mass is 16.6. The Kier molecular flexibility index (Phi) is 9.30. The van der Waals surface area contributed by atoms with Crippen molar-refractivity contribution in [3.05, 3.63) is 71.8 Å². The number of rotatable bonds is 10. The van der Waals surface area contributed by atoms with Crippen LogP contribution >= 0.6 is 0 Å². The monoisotopic (exact) mass is 536 g/mol. The number of aliphatic hydroxyl groups is 1. The number of carboxylic acid groups (broad SMARTS) is 1. The average Bonchev–Trinajstić information content (AvgIpc) is 3.68. The topological polar surface area (TPSA) is 99.5 Å². The lowest BCUT2D eigenvalue weighted by Crippen LogP contribution is -2.51. The average molecular weight is 537 g/mol. The Morgan fingerprint density at radius 3 is 2.36 bits per heavy atom. The van der Waals surface area contributed by atoms with E-state index in [0.29, 0.717) is 18.2 Å². The number of aliphatic carboxylic acids is 1. The number of carboxylic acids is 1. The summed E-state index contributed by atoms with van der Waals surface area (Å²) < 4.78 is 11.6. The Morgan fingerprint density at radius 2 is 1.74 bits per heavy atom. The molecule has 1 saturated heterocycles. The maximum absolute atomic E-state index is 13.3. The molecule has 1 saturated carbocycles. The number of carbonyl (C=O) groups excluding carboxylic acids is 1. The van der Waals surface area contributed by atoms with Crippen LogP contribution in [0.15, 0.2) is 60.7 Å². The zero-order chi connectivity index (χ0) is 28.0. The molecule has 2 aromatic carbocycles. The van der Waals surface area contributed by atoms with E-state index >= 15 is 0 Å². The summed E-state index contributed by atoms with van der Waals surface area (Å²) in [7, 11) is 0. The molecule has 2 N–H and O–H groups in total. The smallest absolute Gasteiger partial charge is 0.410 e. The number of nitrogens with zero attached hydrogens (tertiary/aromatic N) is 2. The molecule has 210 valence electrons. The maximum Gasteiger partial charge on any atom is 0.410 e. The Balaban J connectivity index is 1.27. The number of benzene rings is 2. The predicted molar refractivity (Wildman–Crippen MR) is 150 cm³/mol. The molecule has 2 aromatic rings. The highest BCUT2D eigenvalue weighted by Crippen LogP contribution is 2.46. The van der Waals surface area contributed by atoms with Crippen molar-refractivity contribution in [3.8, 4) is 5.75 Å². The number of piperidine rings is 1. The van der Waals surface area contributed by atoms with Gasteiger partial charge in [-0.3, -0.25) is 0 Å².